The lowest BCUT2D eigenvalue weighted by atomic mass is 10.0. The summed E-state index contributed by atoms with van der Waals surface area (Å²) in [5, 5.41) is 20.1. The van der Waals surface area contributed by atoms with Crippen LogP contribution in [0.1, 0.15) is 24.2 Å². The van der Waals surface area contributed by atoms with Crippen molar-refractivity contribution in [3.05, 3.63) is 35.7 Å². The van der Waals surface area contributed by atoms with Gasteiger partial charge in [-0.05, 0) is 44.0 Å². The summed E-state index contributed by atoms with van der Waals surface area (Å²) in [5.41, 5.74) is 1.09. The van der Waals surface area contributed by atoms with Gasteiger partial charge < -0.3 is 10.4 Å². The number of hydrogen-bond acceptors (Lipinski definition) is 6. The molecule has 0 unspecified atom stereocenters. The van der Waals surface area contributed by atoms with Gasteiger partial charge in [-0.25, -0.2) is 4.98 Å². The van der Waals surface area contributed by atoms with Crippen molar-refractivity contribution in [3.63, 3.8) is 0 Å². The molecule has 134 valence electrons. The molecule has 3 rings (SSSR count). The van der Waals surface area contributed by atoms with Crippen molar-refractivity contribution >= 4 is 17.7 Å². The topological polar surface area (TPSA) is 94.1 Å². The molecule has 0 spiro atoms. The highest BCUT2D eigenvalue weighted by atomic mass is 32.2. The van der Waals surface area contributed by atoms with E-state index in [0.717, 1.165) is 43.9 Å². The number of phenols is 1. The summed E-state index contributed by atoms with van der Waals surface area (Å²) < 4.78 is 0. The number of carbonyl (C=O) groups excluding carboxylic acids is 1. The zero-order valence-corrected chi connectivity index (χ0v) is 15.1. The SMILES string of the molecule is Cc1nc(SCC(=O)N[C@@H]2CCCN(Cc3cccc(O)c3)C2)n[nH]1. The maximum atomic E-state index is 12.2. The van der Waals surface area contributed by atoms with Crippen molar-refractivity contribution < 1.29 is 9.90 Å². The van der Waals surface area contributed by atoms with E-state index < -0.39 is 0 Å². The number of aryl methyl sites for hydroxylation is 1. The molecule has 8 heteroatoms. The largest absolute Gasteiger partial charge is 0.508 e. The van der Waals surface area contributed by atoms with Gasteiger partial charge in [-0.15, -0.1) is 5.10 Å². The number of thioether (sulfide) groups is 1. The number of phenolic OH excluding ortho intramolecular Hbond substituents is 1. The molecule has 1 fully saturated rings. The van der Waals surface area contributed by atoms with E-state index in [9.17, 15) is 9.90 Å². The van der Waals surface area contributed by atoms with Gasteiger partial charge in [0.1, 0.15) is 11.6 Å². The summed E-state index contributed by atoms with van der Waals surface area (Å²) in [6, 6.07) is 7.49. The molecular weight excluding hydrogens is 338 g/mol. The Hall–Kier alpha value is -2.06. The Bertz CT molecular complexity index is 721. The predicted molar refractivity (Wildman–Crippen MR) is 96.4 cm³/mol. The van der Waals surface area contributed by atoms with E-state index in [4.69, 9.17) is 0 Å². The molecule has 0 aliphatic carbocycles. The van der Waals surface area contributed by atoms with E-state index in [0.29, 0.717) is 16.7 Å². The second-order valence-electron chi connectivity index (χ2n) is 6.30. The van der Waals surface area contributed by atoms with Crippen LogP contribution in [-0.4, -0.2) is 56.0 Å². The lowest BCUT2D eigenvalue weighted by Crippen LogP contribution is -2.47. The molecule has 7 nitrogen and oxygen atoms in total. The number of hydrogen-bond donors (Lipinski definition) is 3. The minimum atomic E-state index is 0.0108. The van der Waals surface area contributed by atoms with Crippen LogP contribution in [0.5, 0.6) is 5.75 Å². The van der Waals surface area contributed by atoms with Crippen LogP contribution in [0.25, 0.3) is 0 Å². The van der Waals surface area contributed by atoms with Crippen LogP contribution in [-0.2, 0) is 11.3 Å². The van der Waals surface area contributed by atoms with Gasteiger partial charge in [0, 0.05) is 19.1 Å². The normalized spacial score (nSPS) is 18.2. The first kappa shape index (κ1) is 17.8. The van der Waals surface area contributed by atoms with Crippen LogP contribution in [0.2, 0.25) is 0 Å². The Morgan fingerprint density at radius 2 is 2.40 bits per heavy atom. The predicted octanol–water partition coefficient (Wildman–Crippen LogP) is 1.69. The number of aromatic nitrogens is 3. The van der Waals surface area contributed by atoms with E-state index >= 15 is 0 Å². The third-order valence-electron chi connectivity index (χ3n) is 4.10. The van der Waals surface area contributed by atoms with Crippen LogP contribution >= 0.6 is 11.8 Å². The van der Waals surface area contributed by atoms with Crippen LogP contribution in [0.4, 0.5) is 0 Å². The number of likely N-dealkylation sites (tertiary alicyclic amines) is 1. The molecule has 1 amide bonds. The van der Waals surface area contributed by atoms with E-state index in [1.807, 2.05) is 19.1 Å². The molecule has 2 aromatic rings. The number of amides is 1. The third kappa shape index (κ3) is 5.47. The zero-order chi connectivity index (χ0) is 17.6. The standard InChI is InChI=1S/C17H23N5O2S/c1-12-18-17(21-20-12)25-11-16(24)19-14-5-3-7-22(10-14)9-13-4-2-6-15(23)8-13/h2,4,6,8,14,23H,3,5,7,9-11H2,1H3,(H,19,24)(H,18,20,21)/t14-/m1/s1. The number of aromatic amines is 1. The van der Waals surface area contributed by atoms with E-state index in [-0.39, 0.29) is 11.9 Å². The first-order valence-corrected chi connectivity index (χ1v) is 9.38. The lowest BCUT2D eigenvalue weighted by Gasteiger charge is -2.33. The molecule has 0 saturated carbocycles. The summed E-state index contributed by atoms with van der Waals surface area (Å²) in [6.45, 7) is 4.45. The molecule has 1 aromatic heterocycles. The summed E-state index contributed by atoms with van der Waals surface area (Å²) in [5.74, 6) is 1.37. The molecule has 1 saturated heterocycles. The van der Waals surface area contributed by atoms with Crippen LogP contribution < -0.4 is 5.32 Å². The molecular formula is C17H23N5O2S. The number of aromatic hydroxyl groups is 1. The van der Waals surface area contributed by atoms with Gasteiger partial charge in [-0.3, -0.25) is 14.8 Å². The maximum Gasteiger partial charge on any atom is 0.230 e. The molecule has 0 bridgehead atoms. The van der Waals surface area contributed by atoms with Gasteiger partial charge >= 0.3 is 0 Å². The molecule has 1 atom stereocenters. The zero-order valence-electron chi connectivity index (χ0n) is 14.2. The summed E-state index contributed by atoms with van der Waals surface area (Å²) in [7, 11) is 0. The van der Waals surface area contributed by atoms with Crippen molar-refractivity contribution in [3.8, 4) is 5.75 Å². The van der Waals surface area contributed by atoms with Crippen LogP contribution in [0, 0.1) is 6.92 Å². The Labute approximate surface area is 151 Å². The number of rotatable bonds is 6. The molecule has 0 radical (unpaired) electrons. The molecule has 1 aromatic carbocycles. The van der Waals surface area contributed by atoms with Gasteiger partial charge in [0.2, 0.25) is 11.1 Å². The average molecular weight is 361 g/mol. The number of H-pyrrole nitrogens is 1. The minimum Gasteiger partial charge on any atom is -0.508 e. The van der Waals surface area contributed by atoms with E-state index in [2.05, 4.69) is 25.4 Å². The Kier molecular flexibility index (Phi) is 5.93. The van der Waals surface area contributed by atoms with Gasteiger partial charge in [0.15, 0.2) is 0 Å². The average Bonchev–Trinajstić information content (AvgIpc) is 2.99. The second kappa shape index (κ2) is 8.35. The first-order valence-electron chi connectivity index (χ1n) is 8.40. The number of nitrogens with zero attached hydrogens (tertiary/aromatic N) is 3. The van der Waals surface area contributed by atoms with Crippen LogP contribution in [0.15, 0.2) is 29.4 Å². The molecule has 1 aliphatic heterocycles. The van der Waals surface area contributed by atoms with Crippen molar-refractivity contribution in [1.29, 1.82) is 0 Å². The molecule has 2 heterocycles. The number of nitrogens with one attached hydrogen (secondary N) is 2. The van der Waals surface area contributed by atoms with Gasteiger partial charge in [0.25, 0.3) is 0 Å². The molecule has 1 aliphatic rings. The van der Waals surface area contributed by atoms with E-state index in [1.165, 1.54) is 11.8 Å². The summed E-state index contributed by atoms with van der Waals surface area (Å²) >= 11 is 1.34. The fraction of sp³-hybridized carbons (Fsp3) is 0.471. The van der Waals surface area contributed by atoms with Gasteiger partial charge in [-0.2, -0.15) is 0 Å². The first-order chi connectivity index (χ1) is 12.1. The maximum absolute atomic E-state index is 12.2. The molecule has 3 N–H and O–H groups in total. The Morgan fingerprint density at radius 3 is 3.16 bits per heavy atom. The third-order valence-corrected chi connectivity index (χ3v) is 4.94. The van der Waals surface area contributed by atoms with Crippen LogP contribution in [0.3, 0.4) is 0 Å². The van der Waals surface area contributed by atoms with Gasteiger partial charge in [0.05, 0.1) is 5.75 Å². The highest BCUT2D eigenvalue weighted by molar-refractivity contribution is 7.99. The van der Waals surface area contributed by atoms with E-state index in [1.54, 1.807) is 12.1 Å². The van der Waals surface area contributed by atoms with Crippen molar-refractivity contribution in [2.45, 2.75) is 37.5 Å². The van der Waals surface area contributed by atoms with Crippen molar-refractivity contribution in [2.24, 2.45) is 0 Å². The van der Waals surface area contributed by atoms with Gasteiger partial charge in [-0.1, -0.05) is 23.9 Å². The summed E-state index contributed by atoms with van der Waals surface area (Å²) in [6.07, 6.45) is 2.05. The number of piperidine rings is 1. The second-order valence-corrected chi connectivity index (χ2v) is 7.25. The lowest BCUT2D eigenvalue weighted by molar-refractivity contribution is -0.119. The smallest absolute Gasteiger partial charge is 0.230 e. The summed E-state index contributed by atoms with van der Waals surface area (Å²) in [4.78, 5) is 18.6. The minimum absolute atomic E-state index is 0.0108. The number of carbonyl (C=O) groups is 1. The quantitative estimate of drug-likeness (QED) is 0.678. The van der Waals surface area contributed by atoms with Crippen molar-refractivity contribution in [2.75, 3.05) is 18.8 Å². The fourth-order valence-electron chi connectivity index (χ4n) is 3.02. The van der Waals surface area contributed by atoms with Crippen molar-refractivity contribution in [1.82, 2.24) is 25.4 Å². The Balaban J connectivity index is 1.45. The number of benzene rings is 1. The fourth-order valence-corrected chi connectivity index (χ4v) is 3.67. The molecule has 25 heavy (non-hydrogen) atoms. The highest BCUT2D eigenvalue weighted by Crippen LogP contribution is 2.17. The Morgan fingerprint density at radius 1 is 1.52 bits per heavy atom. The monoisotopic (exact) mass is 361 g/mol. The highest BCUT2D eigenvalue weighted by Gasteiger charge is 2.21.